The summed E-state index contributed by atoms with van der Waals surface area (Å²) in [6.07, 6.45) is 0. The first kappa shape index (κ1) is 13.3. The first-order valence-electron chi connectivity index (χ1n) is 4.84. The number of rotatable bonds is 8. The highest BCUT2D eigenvalue weighted by Gasteiger charge is 1.96. The van der Waals surface area contributed by atoms with Gasteiger partial charge in [0.05, 0.1) is 10.9 Å². The zero-order chi connectivity index (χ0) is 10.9. The number of thioether (sulfide) groups is 1. The largest absolute Gasteiger partial charge is 0.384 e. The SMILES string of the molecule is COCCSCCNCc1ccc(Cl)s1. The Morgan fingerprint density at radius 1 is 1.47 bits per heavy atom. The predicted octanol–water partition coefficient (Wildman–Crippen LogP) is 2.87. The molecule has 1 aromatic rings. The lowest BCUT2D eigenvalue weighted by Gasteiger charge is -2.02. The van der Waals surface area contributed by atoms with Crippen molar-refractivity contribution in [3.8, 4) is 0 Å². The van der Waals surface area contributed by atoms with Crippen LogP contribution in [0.1, 0.15) is 4.88 Å². The van der Waals surface area contributed by atoms with E-state index >= 15 is 0 Å². The fraction of sp³-hybridized carbons (Fsp3) is 0.600. The number of hydrogen-bond acceptors (Lipinski definition) is 4. The average molecular weight is 266 g/mol. The molecule has 15 heavy (non-hydrogen) atoms. The summed E-state index contributed by atoms with van der Waals surface area (Å²) in [5, 5.41) is 3.38. The molecule has 0 bridgehead atoms. The third kappa shape index (κ3) is 6.43. The molecule has 0 saturated carbocycles. The highest BCUT2D eigenvalue weighted by molar-refractivity contribution is 7.99. The third-order valence-electron chi connectivity index (χ3n) is 1.78. The molecule has 0 saturated heterocycles. The van der Waals surface area contributed by atoms with E-state index in [9.17, 15) is 0 Å². The molecule has 0 aliphatic rings. The van der Waals surface area contributed by atoms with Crippen molar-refractivity contribution in [2.24, 2.45) is 0 Å². The number of nitrogens with one attached hydrogen (secondary N) is 1. The van der Waals surface area contributed by atoms with Crippen LogP contribution < -0.4 is 5.32 Å². The number of halogens is 1. The van der Waals surface area contributed by atoms with E-state index in [1.165, 1.54) is 4.88 Å². The van der Waals surface area contributed by atoms with Crippen LogP contribution in [0.2, 0.25) is 4.34 Å². The maximum atomic E-state index is 5.83. The topological polar surface area (TPSA) is 21.3 Å². The zero-order valence-electron chi connectivity index (χ0n) is 8.79. The highest BCUT2D eigenvalue weighted by atomic mass is 35.5. The van der Waals surface area contributed by atoms with Crippen molar-refractivity contribution in [3.63, 3.8) is 0 Å². The number of ether oxygens (including phenoxy) is 1. The first-order valence-corrected chi connectivity index (χ1v) is 7.19. The summed E-state index contributed by atoms with van der Waals surface area (Å²) in [5.41, 5.74) is 0. The number of thiophene rings is 1. The smallest absolute Gasteiger partial charge is 0.0931 e. The minimum atomic E-state index is 0.838. The van der Waals surface area contributed by atoms with Crippen LogP contribution in [0.5, 0.6) is 0 Å². The van der Waals surface area contributed by atoms with Gasteiger partial charge in [-0.25, -0.2) is 0 Å². The molecule has 0 amide bonds. The summed E-state index contributed by atoms with van der Waals surface area (Å²) in [7, 11) is 1.74. The van der Waals surface area contributed by atoms with Crippen molar-refractivity contribution < 1.29 is 4.74 Å². The van der Waals surface area contributed by atoms with Crippen molar-refractivity contribution in [1.29, 1.82) is 0 Å². The molecule has 0 spiro atoms. The van der Waals surface area contributed by atoms with Crippen LogP contribution in [0.15, 0.2) is 12.1 Å². The van der Waals surface area contributed by atoms with E-state index in [0.29, 0.717) is 0 Å². The highest BCUT2D eigenvalue weighted by Crippen LogP contribution is 2.20. The lowest BCUT2D eigenvalue weighted by Crippen LogP contribution is -2.16. The van der Waals surface area contributed by atoms with E-state index < -0.39 is 0 Å². The molecule has 5 heteroatoms. The van der Waals surface area contributed by atoms with Gasteiger partial charge < -0.3 is 10.1 Å². The molecule has 1 rings (SSSR count). The summed E-state index contributed by atoms with van der Waals surface area (Å²) >= 11 is 9.37. The third-order valence-corrected chi connectivity index (χ3v) is 3.96. The first-order chi connectivity index (χ1) is 7.33. The second kappa shape index (κ2) is 8.42. The van der Waals surface area contributed by atoms with Crippen molar-refractivity contribution >= 4 is 34.7 Å². The van der Waals surface area contributed by atoms with E-state index in [0.717, 1.165) is 35.5 Å². The van der Waals surface area contributed by atoms with E-state index in [1.54, 1.807) is 18.4 Å². The van der Waals surface area contributed by atoms with Crippen molar-refractivity contribution in [2.75, 3.05) is 31.8 Å². The predicted molar refractivity (Wildman–Crippen MR) is 70.2 cm³/mol. The van der Waals surface area contributed by atoms with Gasteiger partial charge in [-0.05, 0) is 12.1 Å². The molecule has 0 aliphatic heterocycles. The van der Waals surface area contributed by atoms with Crippen LogP contribution in [0, 0.1) is 0 Å². The van der Waals surface area contributed by atoms with Gasteiger partial charge in [0.15, 0.2) is 0 Å². The van der Waals surface area contributed by atoms with E-state index in [4.69, 9.17) is 16.3 Å². The quantitative estimate of drug-likeness (QED) is 0.731. The summed E-state index contributed by atoms with van der Waals surface area (Å²) < 4.78 is 5.83. The van der Waals surface area contributed by atoms with Gasteiger partial charge in [-0.15, -0.1) is 11.3 Å². The van der Waals surface area contributed by atoms with Gasteiger partial charge in [-0.3, -0.25) is 0 Å². The maximum Gasteiger partial charge on any atom is 0.0931 e. The van der Waals surface area contributed by atoms with Crippen molar-refractivity contribution in [3.05, 3.63) is 21.3 Å². The molecular weight excluding hydrogens is 250 g/mol. The molecule has 0 aliphatic carbocycles. The van der Waals surface area contributed by atoms with E-state index in [1.807, 2.05) is 17.8 Å². The molecule has 0 radical (unpaired) electrons. The summed E-state index contributed by atoms with van der Waals surface area (Å²) in [6, 6.07) is 4.01. The Hall–Kier alpha value is 0.260. The standard InChI is InChI=1S/C10H16ClNOS2/c1-13-5-7-14-6-4-12-8-9-2-3-10(11)15-9/h2-3,12H,4-8H2,1H3. The Balaban J connectivity index is 1.93. The summed E-state index contributed by atoms with van der Waals surface area (Å²) in [6.45, 7) is 2.79. The fourth-order valence-electron chi connectivity index (χ4n) is 1.05. The van der Waals surface area contributed by atoms with Gasteiger partial charge in [0, 0.05) is 36.6 Å². The van der Waals surface area contributed by atoms with Gasteiger partial charge in [0.1, 0.15) is 0 Å². The molecule has 1 aromatic heterocycles. The van der Waals surface area contributed by atoms with Crippen LogP contribution in [0.3, 0.4) is 0 Å². The van der Waals surface area contributed by atoms with Crippen molar-refractivity contribution in [2.45, 2.75) is 6.54 Å². The molecule has 1 heterocycles. The summed E-state index contributed by atoms with van der Waals surface area (Å²) in [4.78, 5) is 1.29. The molecule has 0 unspecified atom stereocenters. The van der Waals surface area contributed by atoms with Gasteiger partial charge in [-0.2, -0.15) is 11.8 Å². The molecule has 0 fully saturated rings. The average Bonchev–Trinajstić information content (AvgIpc) is 2.63. The minimum Gasteiger partial charge on any atom is -0.384 e. The van der Waals surface area contributed by atoms with Gasteiger partial charge >= 0.3 is 0 Å². The fourth-order valence-corrected chi connectivity index (χ4v) is 2.88. The van der Waals surface area contributed by atoms with E-state index in [2.05, 4.69) is 11.4 Å². The molecule has 1 N–H and O–H groups in total. The lowest BCUT2D eigenvalue weighted by atomic mass is 10.4. The van der Waals surface area contributed by atoms with Crippen LogP contribution in [-0.2, 0) is 11.3 Å². The molecule has 2 nitrogen and oxygen atoms in total. The summed E-state index contributed by atoms with van der Waals surface area (Å²) in [5.74, 6) is 2.20. The number of hydrogen-bond donors (Lipinski definition) is 1. The van der Waals surface area contributed by atoms with Crippen LogP contribution in [0.4, 0.5) is 0 Å². The second-order valence-electron chi connectivity index (χ2n) is 2.99. The van der Waals surface area contributed by atoms with Crippen molar-refractivity contribution in [1.82, 2.24) is 5.32 Å². The Bertz CT molecular complexity index is 268. The van der Waals surface area contributed by atoms with Gasteiger partial charge in [-0.1, -0.05) is 11.6 Å². The maximum absolute atomic E-state index is 5.83. The van der Waals surface area contributed by atoms with Crippen LogP contribution in [-0.4, -0.2) is 31.8 Å². The molecule has 0 atom stereocenters. The molecule has 86 valence electrons. The van der Waals surface area contributed by atoms with Crippen LogP contribution >= 0.6 is 34.7 Å². The Kier molecular flexibility index (Phi) is 7.48. The van der Waals surface area contributed by atoms with Gasteiger partial charge in [0.25, 0.3) is 0 Å². The Morgan fingerprint density at radius 3 is 3.00 bits per heavy atom. The Morgan fingerprint density at radius 2 is 2.33 bits per heavy atom. The number of methoxy groups -OCH3 is 1. The normalized spacial score (nSPS) is 10.8. The second-order valence-corrected chi connectivity index (χ2v) is 6.01. The van der Waals surface area contributed by atoms with Gasteiger partial charge in [0.2, 0.25) is 0 Å². The lowest BCUT2D eigenvalue weighted by molar-refractivity contribution is 0.218. The minimum absolute atomic E-state index is 0.838. The monoisotopic (exact) mass is 265 g/mol. The van der Waals surface area contributed by atoms with E-state index in [-0.39, 0.29) is 0 Å². The Labute approximate surface area is 104 Å². The molecular formula is C10H16ClNOS2. The van der Waals surface area contributed by atoms with Crippen LogP contribution in [0.25, 0.3) is 0 Å². The zero-order valence-corrected chi connectivity index (χ0v) is 11.2. The molecule has 0 aromatic carbocycles.